The van der Waals surface area contributed by atoms with Crippen LogP contribution in [0.1, 0.15) is 28.4 Å². The molecule has 0 aromatic heterocycles. The molecule has 1 amide bonds. The summed E-state index contributed by atoms with van der Waals surface area (Å²) >= 11 is 0. The molecule has 2 aromatic rings. The molecule has 2 aromatic carbocycles. The molecule has 3 rings (SSSR count). The van der Waals surface area contributed by atoms with E-state index in [1.807, 2.05) is 18.2 Å². The molecule has 0 bridgehead atoms. The second-order valence-corrected chi connectivity index (χ2v) is 5.76. The summed E-state index contributed by atoms with van der Waals surface area (Å²) in [5, 5.41) is 2.67. The molecular formula is C20H19NO4. The molecule has 0 aliphatic carbocycles. The fraction of sp³-hybridized carbons (Fsp3) is 0.200. The lowest BCUT2D eigenvalue weighted by atomic mass is 10.1. The van der Waals surface area contributed by atoms with Crippen LogP contribution < -0.4 is 14.8 Å². The Morgan fingerprint density at radius 1 is 1.20 bits per heavy atom. The standard InChI is InChI=1S/C20H19NO4/c1-13(22)21-17-12-15(5-8-20(17)24-2)18(23)6-3-14-4-7-19-16(11-14)9-10-25-19/h3-8,11-12H,9-10H2,1-2H3,(H,21,22)/b6-3+. The number of hydrogen-bond donors (Lipinski definition) is 1. The van der Waals surface area contributed by atoms with Crippen molar-refractivity contribution in [2.75, 3.05) is 19.0 Å². The van der Waals surface area contributed by atoms with Gasteiger partial charge in [0.25, 0.3) is 0 Å². The summed E-state index contributed by atoms with van der Waals surface area (Å²) in [6, 6.07) is 10.8. The average Bonchev–Trinajstić information content (AvgIpc) is 3.06. The highest BCUT2D eigenvalue weighted by Gasteiger charge is 2.12. The molecule has 0 fully saturated rings. The van der Waals surface area contributed by atoms with E-state index < -0.39 is 0 Å². The van der Waals surface area contributed by atoms with Crippen LogP contribution in [0.2, 0.25) is 0 Å². The molecule has 0 spiro atoms. The van der Waals surface area contributed by atoms with Crippen molar-refractivity contribution < 1.29 is 19.1 Å². The number of carbonyl (C=O) groups is 2. The zero-order chi connectivity index (χ0) is 17.8. The number of anilines is 1. The van der Waals surface area contributed by atoms with Crippen molar-refractivity contribution in [2.24, 2.45) is 0 Å². The lowest BCUT2D eigenvalue weighted by molar-refractivity contribution is -0.114. The first kappa shape index (κ1) is 16.8. The van der Waals surface area contributed by atoms with E-state index in [0.29, 0.717) is 23.6 Å². The number of rotatable bonds is 5. The van der Waals surface area contributed by atoms with Crippen LogP contribution in [-0.2, 0) is 11.2 Å². The average molecular weight is 337 g/mol. The van der Waals surface area contributed by atoms with Gasteiger partial charge in [0.05, 0.1) is 19.4 Å². The van der Waals surface area contributed by atoms with Crippen molar-refractivity contribution in [1.82, 2.24) is 0 Å². The van der Waals surface area contributed by atoms with E-state index in [-0.39, 0.29) is 11.7 Å². The Labute approximate surface area is 146 Å². The zero-order valence-corrected chi connectivity index (χ0v) is 14.2. The van der Waals surface area contributed by atoms with Crippen molar-refractivity contribution in [1.29, 1.82) is 0 Å². The van der Waals surface area contributed by atoms with Gasteiger partial charge in [-0.2, -0.15) is 0 Å². The summed E-state index contributed by atoms with van der Waals surface area (Å²) in [6.45, 7) is 2.12. The van der Waals surface area contributed by atoms with Crippen LogP contribution in [0.3, 0.4) is 0 Å². The van der Waals surface area contributed by atoms with Gasteiger partial charge in [0.15, 0.2) is 5.78 Å². The van der Waals surface area contributed by atoms with Crippen LogP contribution in [0.15, 0.2) is 42.5 Å². The van der Waals surface area contributed by atoms with Crippen molar-refractivity contribution >= 4 is 23.5 Å². The number of hydrogen-bond acceptors (Lipinski definition) is 4. The minimum atomic E-state index is -0.223. The van der Waals surface area contributed by atoms with Gasteiger partial charge in [-0.3, -0.25) is 9.59 Å². The molecule has 1 aliphatic rings. The van der Waals surface area contributed by atoms with E-state index in [0.717, 1.165) is 23.3 Å². The number of carbonyl (C=O) groups excluding carboxylic acids is 2. The van der Waals surface area contributed by atoms with Crippen LogP contribution in [0.5, 0.6) is 11.5 Å². The SMILES string of the molecule is COc1ccc(C(=O)/C=C/c2ccc3c(c2)CCO3)cc1NC(C)=O. The third-order valence-electron chi connectivity index (χ3n) is 3.94. The first-order chi connectivity index (χ1) is 12.1. The summed E-state index contributed by atoms with van der Waals surface area (Å²) in [7, 11) is 1.51. The monoisotopic (exact) mass is 337 g/mol. The van der Waals surface area contributed by atoms with E-state index in [4.69, 9.17) is 9.47 Å². The van der Waals surface area contributed by atoms with Gasteiger partial charge < -0.3 is 14.8 Å². The number of nitrogens with one attached hydrogen (secondary N) is 1. The minimum absolute atomic E-state index is 0.147. The van der Waals surface area contributed by atoms with E-state index in [9.17, 15) is 9.59 Å². The topological polar surface area (TPSA) is 64.6 Å². The maximum atomic E-state index is 12.4. The Morgan fingerprint density at radius 2 is 2.04 bits per heavy atom. The first-order valence-electron chi connectivity index (χ1n) is 8.00. The molecule has 5 nitrogen and oxygen atoms in total. The molecule has 5 heteroatoms. The molecule has 25 heavy (non-hydrogen) atoms. The highest BCUT2D eigenvalue weighted by molar-refractivity contribution is 6.08. The van der Waals surface area contributed by atoms with Gasteiger partial charge in [0, 0.05) is 18.9 Å². The molecule has 0 saturated heterocycles. The summed E-state index contributed by atoms with van der Waals surface area (Å²) in [6.07, 6.45) is 4.20. The second kappa shape index (κ2) is 7.21. The van der Waals surface area contributed by atoms with Gasteiger partial charge in [-0.15, -0.1) is 0 Å². The van der Waals surface area contributed by atoms with Crippen LogP contribution in [0, 0.1) is 0 Å². The van der Waals surface area contributed by atoms with E-state index in [1.54, 1.807) is 24.3 Å². The third kappa shape index (κ3) is 3.88. The lowest BCUT2D eigenvalue weighted by Crippen LogP contribution is -2.08. The summed E-state index contributed by atoms with van der Waals surface area (Å²) < 4.78 is 10.7. The number of allylic oxidation sites excluding steroid dienone is 1. The molecule has 0 unspecified atom stereocenters. The molecule has 1 heterocycles. The number of benzene rings is 2. The van der Waals surface area contributed by atoms with E-state index in [2.05, 4.69) is 5.32 Å². The molecule has 1 aliphatic heterocycles. The van der Waals surface area contributed by atoms with Gasteiger partial charge in [-0.05, 0) is 47.5 Å². The van der Waals surface area contributed by atoms with Crippen molar-refractivity contribution in [3.05, 3.63) is 59.2 Å². The highest BCUT2D eigenvalue weighted by Crippen LogP contribution is 2.27. The number of fused-ring (bicyclic) bond motifs is 1. The zero-order valence-electron chi connectivity index (χ0n) is 14.2. The maximum absolute atomic E-state index is 12.4. The summed E-state index contributed by atoms with van der Waals surface area (Å²) in [4.78, 5) is 23.7. The molecule has 0 radical (unpaired) electrons. The Balaban J connectivity index is 1.79. The molecule has 0 atom stereocenters. The maximum Gasteiger partial charge on any atom is 0.221 e. The van der Waals surface area contributed by atoms with Crippen LogP contribution >= 0.6 is 0 Å². The Morgan fingerprint density at radius 3 is 2.80 bits per heavy atom. The predicted octanol–water partition coefficient (Wildman–Crippen LogP) is 3.48. The van der Waals surface area contributed by atoms with Gasteiger partial charge in [-0.25, -0.2) is 0 Å². The molecule has 1 N–H and O–H groups in total. The number of ketones is 1. The lowest BCUT2D eigenvalue weighted by Gasteiger charge is -2.09. The van der Waals surface area contributed by atoms with Crippen molar-refractivity contribution in [2.45, 2.75) is 13.3 Å². The first-order valence-corrected chi connectivity index (χ1v) is 8.00. The molecule has 0 saturated carbocycles. The number of amides is 1. The fourth-order valence-corrected chi connectivity index (χ4v) is 2.73. The number of methoxy groups -OCH3 is 1. The fourth-order valence-electron chi connectivity index (χ4n) is 2.73. The highest BCUT2D eigenvalue weighted by atomic mass is 16.5. The Bertz CT molecular complexity index is 855. The van der Waals surface area contributed by atoms with Crippen molar-refractivity contribution in [3.63, 3.8) is 0 Å². The van der Waals surface area contributed by atoms with E-state index >= 15 is 0 Å². The van der Waals surface area contributed by atoms with Crippen LogP contribution in [0.25, 0.3) is 6.08 Å². The van der Waals surface area contributed by atoms with Crippen LogP contribution in [0.4, 0.5) is 5.69 Å². The molecular weight excluding hydrogens is 318 g/mol. The normalized spacial score (nSPS) is 12.6. The smallest absolute Gasteiger partial charge is 0.221 e. The third-order valence-corrected chi connectivity index (χ3v) is 3.94. The van der Waals surface area contributed by atoms with Gasteiger partial charge in [0.2, 0.25) is 5.91 Å². The Kier molecular flexibility index (Phi) is 4.84. The number of ether oxygens (including phenoxy) is 2. The van der Waals surface area contributed by atoms with Gasteiger partial charge in [0.1, 0.15) is 11.5 Å². The van der Waals surface area contributed by atoms with E-state index in [1.165, 1.54) is 20.1 Å². The molecule has 128 valence electrons. The second-order valence-electron chi connectivity index (χ2n) is 5.76. The quantitative estimate of drug-likeness (QED) is 0.670. The van der Waals surface area contributed by atoms with Crippen molar-refractivity contribution in [3.8, 4) is 11.5 Å². The summed E-state index contributed by atoms with van der Waals surface area (Å²) in [5.41, 5.74) is 3.06. The Hall–Kier alpha value is -3.08. The van der Waals surface area contributed by atoms with Gasteiger partial charge in [-0.1, -0.05) is 12.1 Å². The van der Waals surface area contributed by atoms with Crippen LogP contribution in [-0.4, -0.2) is 25.4 Å². The summed E-state index contributed by atoms with van der Waals surface area (Å²) in [5.74, 6) is 1.05. The largest absolute Gasteiger partial charge is 0.495 e. The predicted molar refractivity (Wildman–Crippen MR) is 96.3 cm³/mol. The minimum Gasteiger partial charge on any atom is -0.495 e. The van der Waals surface area contributed by atoms with Gasteiger partial charge >= 0.3 is 0 Å².